The summed E-state index contributed by atoms with van der Waals surface area (Å²) in [4.78, 5) is 44.1. The molecular formula is C24H33N7O6. The fraction of sp³-hybridized carbons (Fsp3) is 0.625. The molecular weight excluding hydrogens is 482 g/mol. The Hall–Kier alpha value is -3.29. The van der Waals surface area contributed by atoms with E-state index in [1.54, 1.807) is 18.4 Å². The summed E-state index contributed by atoms with van der Waals surface area (Å²) in [7, 11) is 5.62. The van der Waals surface area contributed by atoms with Gasteiger partial charge in [-0.25, -0.2) is 19.7 Å². The summed E-state index contributed by atoms with van der Waals surface area (Å²) in [6.07, 6.45) is -0.706. The van der Waals surface area contributed by atoms with E-state index in [0.29, 0.717) is 48.0 Å². The Morgan fingerprint density at radius 3 is 2.57 bits per heavy atom. The van der Waals surface area contributed by atoms with Crippen molar-refractivity contribution in [3.63, 3.8) is 0 Å². The lowest BCUT2D eigenvalue weighted by Gasteiger charge is -2.28. The molecule has 5 rings (SSSR count). The van der Waals surface area contributed by atoms with Crippen molar-refractivity contribution < 1.29 is 28.9 Å². The normalized spacial score (nSPS) is 28.5. The molecule has 0 spiro atoms. The average Bonchev–Trinajstić information content (AvgIpc) is 3.58. The van der Waals surface area contributed by atoms with Crippen LogP contribution in [0.3, 0.4) is 0 Å². The minimum atomic E-state index is -1.04. The first-order valence-corrected chi connectivity index (χ1v) is 12.2. The second kappa shape index (κ2) is 8.92. The molecule has 13 heteroatoms. The number of carbonyl (C=O) groups is 2. The summed E-state index contributed by atoms with van der Waals surface area (Å²) in [5.74, 6) is -0.523. The van der Waals surface area contributed by atoms with Crippen molar-refractivity contribution in [3.05, 3.63) is 24.6 Å². The van der Waals surface area contributed by atoms with Gasteiger partial charge in [0.05, 0.1) is 0 Å². The van der Waals surface area contributed by atoms with Crippen molar-refractivity contribution >= 4 is 28.9 Å². The minimum absolute atomic E-state index is 0.355. The first-order chi connectivity index (χ1) is 17.4. The van der Waals surface area contributed by atoms with Crippen LogP contribution in [0.1, 0.15) is 38.7 Å². The van der Waals surface area contributed by atoms with Crippen LogP contribution < -0.4 is 4.90 Å². The molecule has 1 amide bonds. The lowest BCUT2D eigenvalue weighted by Crippen LogP contribution is -2.49. The number of likely N-dealkylation sites (tertiary alicyclic amines) is 1. The highest BCUT2D eigenvalue weighted by atomic mass is 16.8. The van der Waals surface area contributed by atoms with Crippen LogP contribution in [0.5, 0.6) is 0 Å². The number of fused-ring (bicyclic) bond motifs is 2. The molecule has 5 unspecified atom stereocenters. The van der Waals surface area contributed by atoms with Gasteiger partial charge in [0.15, 0.2) is 35.1 Å². The van der Waals surface area contributed by atoms with Crippen LogP contribution in [-0.2, 0) is 23.8 Å². The maximum Gasteiger partial charge on any atom is 0.326 e. The topological polar surface area (TPSA) is 135 Å². The number of nitrogens with zero attached hydrogens (tertiary/aromatic N) is 7. The number of rotatable bonds is 6. The number of carboxylic acid groups (broad SMARTS) is 1. The van der Waals surface area contributed by atoms with E-state index < -0.39 is 48.2 Å². The van der Waals surface area contributed by atoms with E-state index in [-0.39, 0.29) is 0 Å². The molecule has 0 bridgehead atoms. The number of imidazole rings is 1. The highest BCUT2D eigenvalue weighted by molar-refractivity contribution is 5.88. The number of aliphatic carboxylic acids is 1. The van der Waals surface area contributed by atoms with E-state index in [0.717, 1.165) is 0 Å². The van der Waals surface area contributed by atoms with E-state index in [9.17, 15) is 14.7 Å². The summed E-state index contributed by atoms with van der Waals surface area (Å²) in [5.41, 5.74) is 1.06. The SMILES string of the molecule is C=C(N(C)C)N(C)c1ncnc2c1nc(C)n2C1OC(C(=O)N2CCCC2C(=O)O)C2OC(C)(C)OC21. The maximum absolute atomic E-state index is 13.6. The number of aryl methyl sites for hydroxylation is 1. The molecule has 0 aromatic carbocycles. The first kappa shape index (κ1) is 25.4. The fourth-order valence-electron chi connectivity index (χ4n) is 5.41. The van der Waals surface area contributed by atoms with Gasteiger partial charge < -0.3 is 34.0 Å². The molecule has 0 radical (unpaired) electrons. The van der Waals surface area contributed by atoms with Crippen molar-refractivity contribution in [1.29, 1.82) is 0 Å². The van der Waals surface area contributed by atoms with Crippen LogP contribution in [0.15, 0.2) is 18.7 Å². The second-order valence-electron chi connectivity index (χ2n) is 10.3. The quantitative estimate of drug-likeness (QED) is 0.592. The number of carbonyl (C=O) groups excluding carboxylic acids is 1. The third-order valence-electron chi connectivity index (χ3n) is 7.20. The molecule has 37 heavy (non-hydrogen) atoms. The van der Waals surface area contributed by atoms with Gasteiger partial charge in [0.1, 0.15) is 36.2 Å². The van der Waals surface area contributed by atoms with E-state index >= 15 is 0 Å². The largest absolute Gasteiger partial charge is 0.480 e. The van der Waals surface area contributed by atoms with E-state index in [1.807, 2.05) is 37.9 Å². The molecule has 3 aliphatic rings. The molecule has 3 saturated heterocycles. The van der Waals surface area contributed by atoms with Crippen molar-refractivity contribution in [3.8, 4) is 0 Å². The zero-order valence-corrected chi connectivity index (χ0v) is 21.9. The zero-order valence-electron chi connectivity index (χ0n) is 21.9. The summed E-state index contributed by atoms with van der Waals surface area (Å²) < 4.78 is 20.5. The molecule has 2 aromatic rings. The van der Waals surface area contributed by atoms with Crippen LogP contribution >= 0.6 is 0 Å². The van der Waals surface area contributed by atoms with Crippen LogP contribution in [0, 0.1) is 6.92 Å². The third kappa shape index (κ3) is 4.10. The number of ether oxygens (including phenoxy) is 3. The number of amides is 1. The van der Waals surface area contributed by atoms with Gasteiger partial charge in [0, 0.05) is 27.7 Å². The van der Waals surface area contributed by atoms with Crippen LogP contribution in [0.2, 0.25) is 0 Å². The molecule has 5 atom stereocenters. The summed E-state index contributed by atoms with van der Waals surface area (Å²) in [6, 6.07) is -0.879. The van der Waals surface area contributed by atoms with Crippen LogP contribution in [0.25, 0.3) is 11.2 Å². The summed E-state index contributed by atoms with van der Waals surface area (Å²) in [6.45, 7) is 9.83. The standard InChI is InChI=1S/C24H33N7O6/c1-12-27-15-19(29(7)13(2)28(5)6)25-11-26-20(15)31(12)22-18-16(36-24(3,4)37-18)17(35-22)21(32)30-10-8-9-14(30)23(33)34/h11,14,16-18,22H,2,8-10H2,1,3-7H3,(H,33,34). The molecule has 2 aromatic heterocycles. The predicted molar refractivity (Wildman–Crippen MR) is 131 cm³/mol. The first-order valence-electron chi connectivity index (χ1n) is 12.2. The number of hydrogen-bond donors (Lipinski definition) is 1. The predicted octanol–water partition coefficient (Wildman–Crippen LogP) is 1.10. The number of anilines is 1. The van der Waals surface area contributed by atoms with Gasteiger partial charge in [-0.1, -0.05) is 6.58 Å². The monoisotopic (exact) mass is 515 g/mol. The zero-order chi connectivity index (χ0) is 26.8. The Bertz CT molecular complexity index is 1260. The highest BCUT2D eigenvalue weighted by Crippen LogP contribution is 2.45. The lowest BCUT2D eigenvalue weighted by atomic mass is 10.1. The molecule has 0 aliphatic carbocycles. The third-order valence-corrected chi connectivity index (χ3v) is 7.20. The molecule has 0 saturated carbocycles. The van der Waals surface area contributed by atoms with Gasteiger partial charge in [0.2, 0.25) is 0 Å². The molecule has 5 heterocycles. The van der Waals surface area contributed by atoms with Crippen molar-refractivity contribution in [2.75, 3.05) is 32.6 Å². The Morgan fingerprint density at radius 2 is 1.89 bits per heavy atom. The Balaban J connectivity index is 1.54. The van der Waals surface area contributed by atoms with Gasteiger partial charge in [-0.05, 0) is 33.6 Å². The maximum atomic E-state index is 13.6. The Morgan fingerprint density at radius 1 is 1.19 bits per heavy atom. The summed E-state index contributed by atoms with van der Waals surface area (Å²) in [5, 5.41) is 9.62. The van der Waals surface area contributed by atoms with E-state index in [4.69, 9.17) is 19.2 Å². The number of aromatic nitrogens is 4. The van der Waals surface area contributed by atoms with Crippen molar-refractivity contribution in [2.24, 2.45) is 0 Å². The number of carboxylic acids is 1. The highest BCUT2D eigenvalue weighted by Gasteiger charge is 2.60. The molecule has 3 aliphatic heterocycles. The molecule has 1 N–H and O–H groups in total. The van der Waals surface area contributed by atoms with Gasteiger partial charge in [-0.15, -0.1) is 0 Å². The van der Waals surface area contributed by atoms with Gasteiger partial charge in [-0.2, -0.15) is 0 Å². The van der Waals surface area contributed by atoms with Gasteiger partial charge in [0.25, 0.3) is 5.91 Å². The van der Waals surface area contributed by atoms with Crippen LogP contribution in [0.4, 0.5) is 5.82 Å². The Kier molecular flexibility index (Phi) is 6.12. The molecule has 200 valence electrons. The second-order valence-corrected chi connectivity index (χ2v) is 10.3. The fourth-order valence-corrected chi connectivity index (χ4v) is 5.41. The van der Waals surface area contributed by atoms with Crippen LogP contribution in [-0.4, -0.2) is 104 Å². The minimum Gasteiger partial charge on any atom is -0.480 e. The van der Waals surface area contributed by atoms with E-state index in [2.05, 4.69) is 16.5 Å². The molecule has 13 nitrogen and oxygen atoms in total. The Labute approximate surface area is 214 Å². The van der Waals surface area contributed by atoms with Gasteiger partial charge >= 0.3 is 5.97 Å². The summed E-state index contributed by atoms with van der Waals surface area (Å²) >= 11 is 0. The van der Waals surface area contributed by atoms with Crippen molar-refractivity contribution in [1.82, 2.24) is 29.3 Å². The smallest absolute Gasteiger partial charge is 0.326 e. The van der Waals surface area contributed by atoms with Gasteiger partial charge in [-0.3, -0.25) is 9.36 Å². The average molecular weight is 516 g/mol. The number of hydrogen-bond acceptors (Lipinski definition) is 10. The lowest BCUT2D eigenvalue weighted by molar-refractivity contribution is -0.201. The molecule has 3 fully saturated rings. The van der Waals surface area contributed by atoms with E-state index in [1.165, 1.54) is 11.2 Å². The van der Waals surface area contributed by atoms with Crippen molar-refractivity contribution in [2.45, 2.75) is 70.0 Å².